The van der Waals surface area contributed by atoms with Gasteiger partial charge in [-0.2, -0.15) is 0 Å². The molecular formula is C13H19N3. The van der Waals surface area contributed by atoms with Crippen LogP contribution in [-0.2, 0) is 6.54 Å². The zero-order valence-corrected chi connectivity index (χ0v) is 10.2. The fourth-order valence-corrected chi connectivity index (χ4v) is 1.76. The summed E-state index contributed by atoms with van der Waals surface area (Å²) in [4.78, 5) is 4.44. The molecule has 0 saturated heterocycles. The summed E-state index contributed by atoms with van der Waals surface area (Å²) < 4.78 is 2.16. The number of fused-ring (bicyclic) bond motifs is 1. The molecule has 16 heavy (non-hydrogen) atoms. The Bertz CT molecular complexity index is 473. The van der Waals surface area contributed by atoms with Gasteiger partial charge < -0.3 is 9.72 Å². The van der Waals surface area contributed by atoms with Crippen LogP contribution in [0.2, 0.25) is 0 Å². The first kappa shape index (κ1) is 11.1. The van der Waals surface area contributed by atoms with Gasteiger partial charge in [0.2, 0.25) is 0 Å². The van der Waals surface area contributed by atoms with Crippen LogP contribution < -0.4 is 5.32 Å². The highest BCUT2D eigenvalue weighted by Gasteiger charge is 2.05. The largest absolute Gasteiger partial charge is 0.309 e. The van der Waals surface area contributed by atoms with E-state index in [0.717, 1.165) is 18.6 Å². The van der Waals surface area contributed by atoms with E-state index in [1.165, 1.54) is 11.3 Å². The molecule has 0 bridgehead atoms. The summed E-state index contributed by atoms with van der Waals surface area (Å²) in [5.74, 6) is 0. The molecule has 0 amide bonds. The van der Waals surface area contributed by atoms with Crippen molar-refractivity contribution in [3.63, 3.8) is 0 Å². The van der Waals surface area contributed by atoms with E-state index in [9.17, 15) is 0 Å². The maximum absolute atomic E-state index is 4.44. The molecule has 0 fully saturated rings. The highest BCUT2D eigenvalue weighted by molar-refractivity contribution is 5.48. The first-order valence-corrected chi connectivity index (χ1v) is 5.87. The molecule has 2 rings (SSSR count). The van der Waals surface area contributed by atoms with Crippen LogP contribution in [0.25, 0.3) is 5.65 Å². The average Bonchev–Trinajstić information content (AvgIpc) is 2.70. The van der Waals surface area contributed by atoms with Crippen LogP contribution in [0.5, 0.6) is 0 Å². The van der Waals surface area contributed by atoms with Gasteiger partial charge in [0.25, 0.3) is 0 Å². The molecule has 0 aromatic carbocycles. The van der Waals surface area contributed by atoms with Gasteiger partial charge in [-0.25, -0.2) is 4.98 Å². The molecular weight excluding hydrogens is 198 g/mol. The summed E-state index contributed by atoms with van der Waals surface area (Å²) in [7, 11) is 0. The van der Waals surface area contributed by atoms with Gasteiger partial charge in [0, 0.05) is 18.8 Å². The molecule has 1 unspecified atom stereocenters. The predicted octanol–water partition coefficient (Wildman–Crippen LogP) is 2.53. The third-order valence-corrected chi connectivity index (χ3v) is 3.05. The van der Waals surface area contributed by atoms with Crippen molar-refractivity contribution < 1.29 is 0 Å². The summed E-state index contributed by atoms with van der Waals surface area (Å²) in [5.41, 5.74) is 3.50. The zero-order valence-electron chi connectivity index (χ0n) is 10.2. The number of pyridine rings is 1. The normalized spacial score (nSPS) is 13.2. The minimum atomic E-state index is 0.551. The van der Waals surface area contributed by atoms with Gasteiger partial charge in [-0.3, -0.25) is 0 Å². The van der Waals surface area contributed by atoms with Crippen molar-refractivity contribution in [2.24, 2.45) is 0 Å². The molecule has 0 aliphatic rings. The van der Waals surface area contributed by atoms with Crippen molar-refractivity contribution in [3.8, 4) is 0 Å². The monoisotopic (exact) mass is 217 g/mol. The SMILES string of the molecule is CCC(C)NCc1cnc2c(C)cccn12. The van der Waals surface area contributed by atoms with Crippen molar-refractivity contribution in [2.75, 3.05) is 0 Å². The quantitative estimate of drug-likeness (QED) is 0.852. The van der Waals surface area contributed by atoms with Gasteiger partial charge in [-0.05, 0) is 31.9 Å². The fourth-order valence-electron chi connectivity index (χ4n) is 1.76. The lowest BCUT2D eigenvalue weighted by Crippen LogP contribution is -2.25. The predicted molar refractivity (Wildman–Crippen MR) is 66.5 cm³/mol. The van der Waals surface area contributed by atoms with E-state index in [0.29, 0.717) is 6.04 Å². The molecule has 2 aromatic heterocycles. The smallest absolute Gasteiger partial charge is 0.139 e. The maximum Gasteiger partial charge on any atom is 0.139 e. The Balaban J connectivity index is 2.22. The van der Waals surface area contributed by atoms with E-state index in [2.05, 4.69) is 53.8 Å². The number of aromatic nitrogens is 2. The first-order chi connectivity index (χ1) is 7.72. The van der Waals surface area contributed by atoms with E-state index in [-0.39, 0.29) is 0 Å². The molecule has 86 valence electrons. The minimum absolute atomic E-state index is 0.551. The topological polar surface area (TPSA) is 29.3 Å². The number of hydrogen-bond donors (Lipinski definition) is 1. The van der Waals surface area contributed by atoms with Gasteiger partial charge in [0.05, 0.1) is 11.9 Å². The Labute approximate surface area is 96.5 Å². The summed E-state index contributed by atoms with van der Waals surface area (Å²) in [6, 6.07) is 4.71. The Hall–Kier alpha value is -1.35. The van der Waals surface area contributed by atoms with E-state index in [1.54, 1.807) is 0 Å². The van der Waals surface area contributed by atoms with E-state index >= 15 is 0 Å². The molecule has 2 heterocycles. The lowest BCUT2D eigenvalue weighted by molar-refractivity contribution is 0.528. The summed E-state index contributed by atoms with van der Waals surface area (Å²) in [5, 5.41) is 3.49. The Morgan fingerprint density at radius 1 is 1.50 bits per heavy atom. The van der Waals surface area contributed by atoms with Crippen LogP contribution in [0.1, 0.15) is 31.5 Å². The van der Waals surface area contributed by atoms with Gasteiger partial charge >= 0.3 is 0 Å². The van der Waals surface area contributed by atoms with Crippen LogP contribution >= 0.6 is 0 Å². The molecule has 3 heteroatoms. The Morgan fingerprint density at radius 3 is 3.06 bits per heavy atom. The van der Waals surface area contributed by atoms with Crippen molar-refractivity contribution in [3.05, 3.63) is 35.8 Å². The second-order valence-corrected chi connectivity index (χ2v) is 4.32. The minimum Gasteiger partial charge on any atom is -0.309 e. The van der Waals surface area contributed by atoms with Crippen molar-refractivity contribution in [2.45, 2.75) is 39.8 Å². The molecule has 1 atom stereocenters. The lowest BCUT2D eigenvalue weighted by atomic mass is 10.2. The zero-order chi connectivity index (χ0) is 11.5. The van der Waals surface area contributed by atoms with Crippen molar-refractivity contribution in [1.29, 1.82) is 0 Å². The number of nitrogens with zero attached hydrogens (tertiary/aromatic N) is 2. The van der Waals surface area contributed by atoms with E-state index in [4.69, 9.17) is 0 Å². The van der Waals surface area contributed by atoms with Gasteiger partial charge in [0.1, 0.15) is 5.65 Å². The average molecular weight is 217 g/mol. The molecule has 2 aromatic rings. The van der Waals surface area contributed by atoms with Gasteiger partial charge in [0.15, 0.2) is 0 Å². The van der Waals surface area contributed by atoms with Crippen LogP contribution in [0.15, 0.2) is 24.5 Å². The molecule has 0 aliphatic carbocycles. The number of hydrogen-bond acceptors (Lipinski definition) is 2. The summed E-state index contributed by atoms with van der Waals surface area (Å²) in [6.45, 7) is 7.36. The molecule has 0 saturated carbocycles. The number of rotatable bonds is 4. The third-order valence-electron chi connectivity index (χ3n) is 3.05. The number of nitrogens with one attached hydrogen (secondary N) is 1. The maximum atomic E-state index is 4.44. The molecule has 0 radical (unpaired) electrons. The lowest BCUT2D eigenvalue weighted by Gasteiger charge is -2.10. The van der Waals surface area contributed by atoms with Crippen molar-refractivity contribution >= 4 is 5.65 Å². The first-order valence-electron chi connectivity index (χ1n) is 5.87. The van der Waals surface area contributed by atoms with Crippen molar-refractivity contribution in [1.82, 2.24) is 14.7 Å². The van der Waals surface area contributed by atoms with Gasteiger partial charge in [-0.15, -0.1) is 0 Å². The van der Waals surface area contributed by atoms with Gasteiger partial charge in [-0.1, -0.05) is 13.0 Å². The van der Waals surface area contributed by atoms with E-state index in [1.807, 2.05) is 6.20 Å². The second-order valence-electron chi connectivity index (χ2n) is 4.32. The summed E-state index contributed by atoms with van der Waals surface area (Å²) in [6.07, 6.45) is 5.18. The van der Waals surface area contributed by atoms with Crippen LogP contribution in [-0.4, -0.2) is 15.4 Å². The summed E-state index contributed by atoms with van der Waals surface area (Å²) >= 11 is 0. The molecule has 1 N–H and O–H groups in total. The third kappa shape index (κ3) is 2.09. The fraction of sp³-hybridized carbons (Fsp3) is 0.462. The molecule has 0 aliphatic heterocycles. The number of aryl methyl sites for hydroxylation is 1. The Kier molecular flexibility index (Phi) is 3.25. The van der Waals surface area contributed by atoms with Crippen LogP contribution in [0, 0.1) is 6.92 Å². The van der Waals surface area contributed by atoms with E-state index < -0.39 is 0 Å². The number of imidazole rings is 1. The van der Waals surface area contributed by atoms with Crippen LogP contribution in [0.3, 0.4) is 0 Å². The standard InChI is InChI=1S/C13H19N3/c1-4-11(3)14-8-12-9-15-13-10(2)6-5-7-16(12)13/h5-7,9,11,14H,4,8H2,1-3H3. The highest BCUT2D eigenvalue weighted by atomic mass is 15.0. The van der Waals surface area contributed by atoms with Crippen LogP contribution in [0.4, 0.5) is 0 Å². The second kappa shape index (κ2) is 4.66. The molecule has 3 nitrogen and oxygen atoms in total. The Morgan fingerprint density at radius 2 is 2.31 bits per heavy atom. The molecule has 0 spiro atoms. The highest BCUT2D eigenvalue weighted by Crippen LogP contribution is 2.10.